The predicted molar refractivity (Wildman–Crippen MR) is 65.4 cm³/mol. The van der Waals surface area contributed by atoms with Gasteiger partial charge in [0.1, 0.15) is 5.75 Å². The number of hydrogen-bond acceptors (Lipinski definition) is 4. The number of benzene rings is 1. The maximum Gasteiger partial charge on any atom is 0.221 e. The molecular formula is C11H13ClN2O3. The quantitative estimate of drug-likeness (QED) is 0.563. The Labute approximate surface area is 104 Å². The van der Waals surface area contributed by atoms with E-state index >= 15 is 0 Å². The molecule has 0 aliphatic heterocycles. The number of phenolic OH excluding ortho intramolecular Hbond substituents is 1. The van der Waals surface area contributed by atoms with E-state index < -0.39 is 5.91 Å². The molecule has 6 heteroatoms. The number of rotatable bonds is 4. The molecule has 0 bridgehead atoms. The second kappa shape index (κ2) is 5.65. The molecule has 0 radical (unpaired) electrons. The van der Waals surface area contributed by atoms with Gasteiger partial charge in [-0.2, -0.15) is 0 Å². The van der Waals surface area contributed by atoms with Crippen molar-refractivity contribution in [2.75, 3.05) is 11.9 Å². The number of aromatic hydroxyl groups is 1. The molecule has 0 aliphatic rings. The molecular weight excluding hydrogens is 244 g/mol. The van der Waals surface area contributed by atoms with Crippen LogP contribution in [0.15, 0.2) is 12.1 Å². The molecule has 0 fully saturated rings. The number of Topliss-reactive ketones (excluding diaryl/α,β-unsaturated/α-hetero) is 1. The standard InChI is InChI=1S/C11H13ClN2O3/c1-6(15)14-11-9(17)3-2-7(12)10(11)8(16)4-5-13/h2-3,17H,4-5,13H2,1H3,(H,14,15). The molecule has 0 aliphatic carbocycles. The molecule has 0 spiro atoms. The summed E-state index contributed by atoms with van der Waals surface area (Å²) in [6.07, 6.45) is 0.0930. The molecule has 1 rings (SSSR count). The van der Waals surface area contributed by atoms with Gasteiger partial charge in [0.05, 0.1) is 16.3 Å². The lowest BCUT2D eigenvalue weighted by atomic mass is 10.0. The van der Waals surface area contributed by atoms with Crippen molar-refractivity contribution in [2.24, 2.45) is 5.73 Å². The highest BCUT2D eigenvalue weighted by Gasteiger charge is 2.19. The molecule has 0 unspecified atom stereocenters. The number of phenols is 1. The molecule has 0 saturated heterocycles. The van der Waals surface area contributed by atoms with Crippen LogP contribution in [0.1, 0.15) is 23.7 Å². The molecule has 1 aromatic rings. The smallest absolute Gasteiger partial charge is 0.221 e. The Morgan fingerprint density at radius 3 is 2.65 bits per heavy atom. The molecule has 17 heavy (non-hydrogen) atoms. The second-order valence-electron chi connectivity index (χ2n) is 3.46. The monoisotopic (exact) mass is 256 g/mol. The summed E-state index contributed by atoms with van der Waals surface area (Å²) in [6, 6.07) is 2.71. The highest BCUT2D eigenvalue weighted by atomic mass is 35.5. The van der Waals surface area contributed by atoms with Gasteiger partial charge in [-0.1, -0.05) is 11.6 Å². The van der Waals surface area contributed by atoms with E-state index in [1.165, 1.54) is 19.1 Å². The van der Waals surface area contributed by atoms with Crippen LogP contribution in [-0.4, -0.2) is 23.3 Å². The SMILES string of the molecule is CC(=O)Nc1c(O)ccc(Cl)c1C(=O)CCN. The molecule has 0 heterocycles. The first-order valence-corrected chi connectivity index (χ1v) is 5.37. The largest absolute Gasteiger partial charge is 0.506 e. The molecule has 4 N–H and O–H groups in total. The fraction of sp³-hybridized carbons (Fsp3) is 0.273. The first-order chi connectivity index (χ1) is 7.97. The number of ketones is 1. The lowest BCUT2D eigenvalue weighted by molar-refractivity contribution is -0.114. The van der Waals surface area contributed by atoms with Crippen molar-refractivity contribution in [3.05, 3.63) is 22.7 Å². The van der Waals surface area contributed by atoms with Gasteiger partial charge in [0.15, 0.2) is 5.78 Å². The van der Waals surface area contributed by atoms with E-state index in [9.17, 15) is 14.7 Å². The lowest BCUT2D eigenvalue weighted by Crippen LogP contribution is -2.14. The molecule has 0 saturated carbocycles. The van der Waals surface area contributed by atoms with Gasteiger partial charge in [0, 0.05) is 13.3 Å². The number of carbonyl (C=O) groups excluding carboxylic acids is 2. The third-order valence-corrected chi connectivity index (χ3v) is 2.40. The first kappa shape index (κ1) is 13.5. The van der Waals surface area contributed by atoms with Gasteiger partial charge in [-0.25, -0.2) is 0 Å². The molecule has 0 atom stereocenters. The summed E-state index contributed by atoms with van der Waals surface area (Å²) >= 11 is 5.89. The predicted octanol–water partition coefficient (Wildman–Crippen LogP) is 1.54. The van der Waals surface area contributed by atoms with E-state index in [0.717, 1.165) is 0 Å². The van der Waals surface area contributed by atoms with Gasteiger partial charge in [0.25, 0.3) is 0 Å². The van der Waals surface area contributed by atoms with Gasteiger partial charge >= 0.3 is 0 Å². The van der Waals surface area contributed by atoms with Crippen molar-refractivity contribution in [3.63, 3.8) is 0 Å². The van der Waals surface area contributed by atoms with Crippen molar-refractivity contribution >= 4 is 29.0 Å². The highest BCUT2D eigenvalue weighted by molar-refractivity contribution is 6.35. The van der Waals surface area contributed by atoms with Crippen LogP contribution >= 0.6 is 11.6 Å². The summed E-state index contributed by atoms with van der Waals surface area (Å²) in [6.45, 7) is 1.45. The van der Waals surface area contributed by atoms with Gasteiger partial charge in [-0.3, -0.25) is 9.59 Å². The highest BCUT2D eigenvalue weighted by Crippen LogP contribution is 2.33. The number of halogens is 1. The van der Waals surface area contributed by atoms with E-state index in [0.29, 0.717) is 0 Å². The van der Waals surface area contributed by atoms with E-state index in [1.54, 1.807) is 0 Å². The molecule has 1 amide bonds. The molecule has 0 aromatic heterocycles. The Morgan fingerprint density at radius 1 is 1.47 bits per heavy atom. The van der Waals surface area contributed by atoms with Crippen LogP contribution in [0.2, 0.25) is 5.02 Å². The molecule has 5 nitrogen and oxygen atoms in total. The minimum atomic E-state index is -0.399. The van der Waals surface area contributed by atoms with Crippen molar-refractivity contribution < 1.29 is 14.7 Å². The van der Waals surface area contributed by atoms with E-state index in [-0.39, 0.29) is 40.8 Å². The van der Waals surface area contributed by atoms with Crippen LogP contribution in [-0.2, 0) is 4.79 Å². The van der Waals surface area contributed by atoms with E-state index in [4.69, 9.17) is 17.3 Å². The number of amides is 1. The van der Waals surface area contributed by atoms with Crippen LogP contribution in [0.3, 0.4) is 0 Å². The Balaban J connectivity index is 3.28. The van der Waals surface area contributed by atoms with Crippen LogP contribution in [0, 0.1) is 0 Å². The van der Waals surface area contributed by atoms with Crippen molar-refractivity contribution in [2.45, 2.75) is 13.3 Å². The van der Waals surface area contributed by atoms with Crippen LogP contribution in [0.5, 0.6) is 5.75 Å². The summed E-state index contributed by atoms with van der Waals surface area (Å²) in [5.41, 5.74) is 5.41. The van der Waals surface area contributed by atoms with Crippen molar-refractivity contribution in [1.29, 1.82) is 0 Å². The number of anilines is 1. The molecule has 92 valence electrons. The number of nitrogens with one attached hydrogen (secondary N) is 1. The van der Waals surface area contributed by atoms with E-state index in [1.807, 2.05) is 0 Å². The van der Waals surface area contributed by atoms with Gasteiger partial charge in [-0.15, -0.1) is 0 Å². The zero-order valence-corrected chi connectivity index (χ0v) is 10.0. The van der Waals surface area contributed by atoms with Crippen LogP contribution < -0.4 is 11.1 Å². The minimum Gasteiger partial charge on any atom is -0.506 e. The lowest BCUT2D eigenvalue weighted by Gasteiger charge is -2.12. The van der Waals surface area contributed by atoms with Gasteiger partial charge in [-0.05, 0) is 18.7 Å². The van der Waals surface area contributed by atoms with Crippen LogP contribution in [0.4, 0.5) is 5.69 Å². The van der Waals surface area contributed by atoms with Crippen LogP contribution in [0.25, 0.3) is 0 Å². The van der Waals surface area contributed by atoms with Gasteiger partial charge < -0.3 is 16.2 Å². The number of carbonyl (C=O) groups is 2. The topological polar surface area (TPSA) is 92.4 Å². The summed E-state index contributed by atoms with van der Waals surface area (Å²) in [5.74, 6) is -0.925. The fourth-order valence-electron chi connectivity index (χ4n) is 1.40. The van der Waals surface area contributed by atoms with E-state index in [2.05, 4.69) is 5.32 Å². The molecule has 1 aromatic carbocycles. The second-order valence-corrected chi connectivity index (χ2v) is 3.87. The zero-order valence-electron chi connectivity index (χ0n) is 9.29. The normalized spacial score (nSPS) is 10.1. The maximum absolute atomic E-state index is 11.8. The summed E-state index contributed by atoms with van der Waals surface area (Å²) < 4.78 is 0. The summed E-state index contributed by atoms with van der Waals surface area (Å²) in [4.78, 5) is 22.8. The fourth-order valence-corrected chi connectivity index (χ4v) is 1.66. The maximum atomic E-state index is 11.8. The average molecular weight is 257 g/mol. The zero-order chi connectivity index (χ0) is 13.0. The van der Waals surface area contributed by atoms with Crippen molar-refractivity contribution in [3.8, 4) is 5.75 Å². The third-order valence-electron chi connectivity index (χ3n) is 2.08. The Kier molecular flexibility index (Phi) is 4.48. The number of nitrogens with two attached hydrogens (primary N) is 1. The Bertz CT molecular complexity index is 460. The summed E-state index contributed by atoms with van der Waals surface area (Å²) in [7, 11) is 0. The third kappa shape index (κ3) is 3.18. The first-order valence-electron chi connectivity index (χ1n) is 4.99. The minimum absolute atomic E-state index is 0.0310. The Hall–Kier alpha value is -1.59. The summed E-state index contributed by atoms with van der Waals surface area (Å²) in [5, 5.41) is 12.2. The average Bonchev–Trinajstić information content (AvgIpc) is 2.23. The number of hydrogen-bond donors (Lipinski definition) is 3. The Morgan fingerprint density at radius 2 is 2.12 bits per heavy atom. The van der Waals surface area contributed by atoms with Crippen molar-refractivity contribution in [1.82, 2.24) is 0 Å². The van der Waals surface area contributed by atoms with Gasteiger partial charge in [0.2, 0.25) is 5.91 Å².